The molecule has 0 heterocycles. The van der Waals surface area contributed by atoms with Crippen LogP contribution in [0.1, 0.15) is 121 Å². The molecule has 0 saturated heterocycles. The van der Waals surface area contributed by atoms with Crippen LogP contribution in [0.4, 0.5) is 8.78 Å². The van der Waals surface area contributed by atoms with Crippen LogP contribution in [-0.2, 0) is 0 Å². The first-order chi connectivity index (χ1) is 16.4. The molecule has 0 amide bonds. The van der Waals surface area contributed by atoms with E-state index in [0.717, 1.165) is 50.4 Å². The lowest BCUT2D eigenvalue weighted by Crippen LogP contribution is -2.38. The van der Waals surface area contributed by atoms with Gasteiger partial charge in [-0.1, -0.05) is 57.6 Å². The minimum Gasteiger partial charge on any atom is -0.432 e. The third-order valence-electron chi connectivity index (χ3n) is 9.40. The van der Waals surface area contributed by atoms with E-state index in [4.69, 9.17) is 10.5 Å². The van der Waals surface area contributed by atoms with Gasteiger partial charge >= 0.3 is 6.11 Å². The molecule has 0 radical (unpaired) electrons. The molecule has 34 heavy (non-hydrogen) atoms. The second-order valence-electron chi connectivity index (χ2n) is 11.7. The molecule has 0 bridgehead atoms. The third kappa shape index (κ3) is 6.95. The standard InChI is InChI=1S/C30H47F2NO/c1-2-3-4-5-22-6-8-23(9-7-22)24-10-16-27(17-11-24)30(31,32)34-29-20-14-26(15-21-29)25-12-18-28(33)19-13-25/h14-15,20-25,27-28H,2-13,16-19,33H2,1H3. The molecule has 1 aromatic carbocycles. The Balaban J connectivity index is 1.21. The van der Waals surface area contributed by atoms with E-state index < -0.39 is 12.0 Å². The number of hydrogen-bond donors (Lipinski definition) is 1. The largest absolute Gasteiger partial charge is 0.432 e. The topological polar surface area (TPSA) is 35.2 Å². The highest BCUT2D eigenvalue weighted by Gasteiger charge is 2.45. The van der Waals surface area contributed by atoms with Crippen molar-refractivity contribution in [1.29, 1.82) is 0 Å². The van der Waals surface area contributed by atoms with Gasteiger partial charge in [-0.15, -0.1) is 0 Å². The highest BCUT2D eigenvalue weighted by Crippen LogP contribution is 2.46. The zero-order chi connectivity index (χ0) is 24.0. The number of ether oxygens (including phenoxy) is 1. The smallest absolute Gasteiger partial charge is 0.400 e. The van der Waals surface area contributed by atoms with Gasteiger partial charge in [0.25, 0.3) is 0 Å². The van der Waals surface area contributed by atoms with E-state index in [1.54, 1.807) is 12.1 Å². The number of benzene rings is 1. The van der Waals surface area contributed by atoms with Crippen molar-refractivity contribution in [1.82, 2.24) is 0 Å². The van der Waals surface area contributed by atoms with Crippen molar-refractivity contribution in [2.45, 2.75) is 128 Å². The summed E-state index contributed by atoms with van der Waals surface area (Å²) in [4.78, 5) is 0. The number of nitrogens with two attached hydrogens (primary N) is 1. The monoisotopic (exact) mass is 475 g/mol. The van der Waals surface area contributed by atoms with E-state index in [1.807, 2.05) is 12.1 Å². The predicted molar refractivity (Wildman–Crippen MR) is 136 cm³/mol. The van der Waals surface area contributed by atoms with Gasteiger partial charge in [0.15, 0.2) is 0 Å². The first-order valence-electron chi connectivity index (χ1n) is 14.4. The Bertz CT molecular complexity index is 712. The molecule has 3 aliphatic carbocycles. The minimum absolute atomic E-state index is 0.296. The second-order valence-corrected chi connectivity index (χ2v) is 11.7. The number of halogens is 2. The first kappa shape index (κ1) is 25.9. The number of unbranched alkanes of at least 4 members (excludes halogenated alkanes) is 2. The Hall–Kier alpha value is -1.16. The molecule has 4 rings (SSSR count). The zero-order valence-electron chi connectivity index (χ0n) is 21.3. The number of hydrogen-bond acceptors (Lipinski definition) is 2. The average molecular weight is 476 g/mol. The molecular weight excluding hydrogens is 428 g/mol. The summed E-state index contributed by atoms with van der Waals surface area (Å²) >= 11 is 0. The molecular formula is C30H47F2NO. The normalized spacial score (nSPS) is 32.9. The lowest BCUT2D eigenvalue weighted by Gasteiger charge is -2.39. The summed E-state index contributed by atoms with van der Waals surface area (Å²) < 4.78 is 35.3. The summed E-state index contributed by atoms with van der Waals surface area (Å²) in [5.74, 6) is 2.46. The van der Waals surface area contributed by atoms with E-state index in [-0.39, 0.29) is 0 Å². The molecule has 0 aliphatic heterocycles. The van der Waals surface area contributed by atoms with Crippen LogP contribution in [0.15, 0.2) is 24.3 Å². The highest BCUT2D eigenvalue weighted by molar-refractivity contribution is 5.30. The fourth-order valence-electron chi connectivity index (χ4n) is 7.06. The van der Waals surface area contributed by atoms with Gasteiger partial charge < -0.3 is 10.5 Å². The zero-order valence-corrected chi connectivity index (χ0v) is 21.3. The fourth-order valence-corrected chi connectivity index (χ4v) is 7.06. The summed E-state index contributed by atoms with van der Waals surface area (Å²) in [6.45, 7) is 2.27. The molecule has 4 heteroatoms. The predicted octanol–water partition coefficient (Wildman–Crippen LogP) is 8.84. The van der Waals surface area contributed by atoms with Crippen LogP contribution in [0, 0.1) is 23.7 Å². The van der Waals surface area contributed by atoms with Crippen LogP contribution in [0.3, 0.4) is 0 Å². The molecule has 1 aromatic rings. The van der Waals surface area contributed by atoms with Crippen LogP contribution in [-0.4, -0.2) is 12.2 Å². The van der Waals surface area contributed by atoms with Gasteiger partial charge in [-0.05, 0) is 106 Å². The average Bonchev–Trinajstić information content (AvgIpc) is 2.86. The van der Waals surface area contributed by atoms with E-state index in [1.165, 1.54) is 56.9 Å². The first-order valence-corrected chi connectivity index (χ1v) is 14.4. The van der Waals surface area contributed by atoms with E-state index >= 15 is 8.78 Å². The summed E-state index contributed by atoms with van der Waals surface area (Å²) in [5.41, 5.74) is 7.24. The maximum Gasteiger partial charge on any atom is 0.400 e. The molecule has 3 aliphatic rings. The molecule has 3 fully saturated rings. The minimum atomic E-state index is -3.08. The van der Waals surface area contributed by atoms with Crippen molar-refractivity contribution in [3.63, 3.8) is 0 Å². The molecule has 192 valence electrons. The summed E-state index contributed by atoms with van der Waals surface area (Å²) in [6.07, 6.45) is 15.0. The highest BCUT2D eigenvalue weighted by atomic mass is 19.3. The molecule has 0 unspecified atom stereocenters. The van der Waals surface area contributed by atoms with Gasteiger partial charge in [0.05, 0.1) is 5.92 Å². The summed E-state index contributed by atoms with van der Waals surface area (Å²) in [5, 5.41) is 0. The fraction of sp³-hybridized carbons (Fsp3) is 0.800. The van der Waals surface area contributed by atoms with Crippen molar-refractivity contribution >= 4 is 0 Å². The van der Waals surface area contributed by atoms with Gasteiger partial charge in [-0.3, -0.25) is 0 Å². The van der Waals surface area contributed by atoms with Gasteiger partial charge in [0.1, 0.15) is 5.75 Å². The van der Waals surface area contributed by atoms with Crippen LogP contribution >= 0.6 is 0 Å². The lowest BCUT2D eigenvalue weighted by molar-refractivity contribution is -0.224. The van der Waals surface area contributed by atoms with Crippen LogP contribution in [0.5, 0.6) is 5.75 Å². The number of alkyl halides is 2. The van der Waals surface area contributed by atoms with Crippen LogP contribution in [0.25, 0.3) is 0 Å². The van der Waals surface area contributed by atoms with Gasteiger partial charge in [-0.25, -0.2) is 0 Å². The molecule has 0 aromatic heterocycles. The van der Waals surface area contributed by atoms with Crippen LogP contribution < -0.4 is 10.5 Å². The van der Waals surface area contributed by atoms with E-state index in [9.17, 15) is 0 Å². The van der Waals surface area contributed by atoms with Crippen molar-refractivity contribution in [2.24, 2.45) is 29.4 Å². The molecule has 0 atom stereocenters. The second kappa shape index (κ2) is 12.2. The molecule has 2 N–H and O–H groups in total. The van der Waals surface area contributed by atoms with Crippen molar-refractivity contribution in [3.8, 4) is 5.75 Å². The van der Waals surface area contributed by atoms with E-state index in [2.05, 4.69) is 6.92 Å². The van der Waals surface area contributed by atoms with Gasteiger partial charge in [0, 0.05) is 6.04 Å². The van der Waals surface area contributed by atoms with Gasteiger partial charge in [0.2, 0.25) is 0 Å². The maximum atomic E-state index is 15.0. The Morgan fingerprint density at radius 1 is 0.794 bits per heavy atom. The van der Waals surface area contributed by atoms with Crippen molar-refractivity contribution in [3.05, 3.63) is 29.8 Å². The van der Waals surface area contributed by atoms with Crippen molar-refractivity contribution < 1.29 is 13.5 Å². The molecule has 3 saturated carbocycles. The van der Waals surface area contributed by atoms with Crippen LogP contribution in [0.2, 0.25) is 0 Å². The Kier molecular flexibility index (Phi) is 9.29. The Morgan fingerprint density at radius 3 is 1.97 bits per heavy atom. The Labute approximate surface area is 206 Å². The summed E-state index contributed by atoms with van der Waals surface area (Å²) in [6, 6.07) is 7.74. The van der Waals surface area contributed by atoms with Gasteiger partial charge in [-0.2, -0.15) is 8.78 Å². The maximum absolute atomic E-state index is 15.0. The van der Waals surface area contributed by atoms with E-state index in [0.29, 0.717) is 36.5 Å². The lowest BCUT2D eigenvalue weighted by atomic mass is 9.68. The van der Waals surface area contributed by atoms with Crippen molar-refractivity contribution in [2.75, 3.05) is 0 Å². The SMILES string of the molecule is CCCCCC1CCC(C2CCC(C(F)(F)Oc3ccc(C4CCC(N)CC4)cc3)CC2)CC1. The Morgan fingerprint density at radius 2 is 1.38 bits per heavy atom. The molecule has 2 nitrogen and oxygen atoms in total. The quantitative estimate of drug-likeness (QED) is 0.362. The number of rotatable bonds is 9. The summed E-state index contributed by atoms with van der Waals surface area (Å²) in [7, 11) is 0. The third-order valence-corrected chi connectivity index (χ3v) is 9.40. The molecule has 0 spiro atoms.